The monoisotopic (exact) mass is 530 g/mol. The lowest BCUT2D eigenvalue weighted by atomic mass is 10.1. The molecule has 0 heterocycles. The van der Waals surface area contributed by atoms with Crippen molar-refractivity contribution in [3.05, 3.63) is 92.9 Å². The molecule has 1 N–H and O–H groups in total. The molecule has 0 aliphatic rings. The van der Waals surface area contributed by atoms with Gasteiger partial charge in [0.1, 0.15) is 16.5 Å². The van der Waals surface area contributed by atoms with Crippen molar-refractivity contribution in [1.29, 1.82) is 5.26 Å². The van der Waals surface area contributed by atoms with E-state index in [0.717, 1.165) is 5.56 Å². The molecule has 1 amide bonds. The van der Waals surface area contributed by atoms with Crippen molar-refractivity contribution in [2.75, 3.05) is 5.32 Å². The molecule has 0 aliphatic carbocycles. The second kappa shape index (κ2) is 10.0. The molecule has 0 saturated carbocycles. The molecule has 32 heavy (non-hydrogen) atoms. The van der Waals surface area contributed by atoms with Crippen LogP contribution in [0.15, 0.2) is 81.7 Å². The van der Waals surface area contributed by atoms with Crippen molar-refractivity contribution in [1.82, 2.24) is 0 Å². The van der Waals surface area contributed by atoms with Crippen LogP contribution in [0.1, 0.15) is 11.1 Å². The number of rotatable bonds is 6. The van der Waals surface area contributed by atoms with E-state index in [1.165, 1.54) is 30.3 Å². The molecule has 0 bridgehead atoms. The summed E-state index contributed by atoms with van der Waals surface area (Å²) in [6.45, 7) is 1.85. The van der Waals surface area contributed by atoms with Gasteiger partial charge in [0.05, 0.1) is 4.47 Å². The zero-order valence-electron chi connectivity index (χ0n) is 16.7. The number of amides is 1. The Morgan fingerprint density at radius 3 is 2.47 bits per heavy atom. The average molecular weight is 532 g/mol. The Hall–Kier alpha value is -3.12. The summed E-state index contributed by atoms with van der Waals surface area (Å²) in [6, 6.07) is 19.2. The zero-order valence-corrected chi connectivity index (χ0v) is 19.8. The third-order valence-electron chi connectivity index (χ3n) is 4.22. The standard InChI is InChI=1S/C23H16BrClN2O4S/c1-15-5-8-20(9-6-15)32(29,30)31-22-10-7-16(12-21(22)24)11-17(14-26)23(28)27-19-4-2-3-18(25)13-19/h2-13H,1H3,(H,27,28)/b17-11+. The van der Waals surface area contributed by atoms with E-state index in [1.807, 2.05) is 13.0 Å². The number of aryl methyl sites for hydroxylation is 1. The average Bonchev–Trinajstić information content (AvgIpc) is 2.74. The number of anilines is 1. The number of carbonyl (C=O) groups is 1. The van der Waals surface area contributed by atoms with E-state index in [2.05, 4.69) is 21.2 Å². The normalized spacial score (nSPS) is 11.5. The molecule has 0 atom stereocenters. The van der Waals surface area contributed by atoms with Crippen molar-refractivity contribution in [3.63, 3.8) is 0 Å². The SMILES string of the molecule is Cc1ccc(S(=O)(=O)Oc2ccc(/C=C(\C#N)C(=O)Nc3cccc(Cl)c3)cc2Br)cc1. The predicted octanol–water partition coefficient (Wildman–Crippen LogP) is 5.72. The van der Waals surface area contributed by atoms with E-state index < -0.39 is 16.0 Å². The zero-order chi connectivity index (χ0) is 23.3. The van der Waals surface area contributed by atoms with E-state index in [9.17, 15) is 18.5 Å². The summed E-state index contributed by atoms with van der Waals surface area (Å²) in [5.41, 5.74) is 1.73. The first-order valence-electron chi connectivity index (χ1n) is 9.17. The van der Waals surface area contributed by atoms with Gasteiger partial charge in [-0.05, 0) is 77.0 Å². The Balaban J connectivity index is 1.80. The molecule has 3 rings (SSSR count). The highest BCUT2D eigenvalue weighted by Crippen LogP contribution is 2.30. The fourth-order valence-corrected chi connectivity index (χ4v) is 4.35. The van der Waals surface area contributed by atoms with Crippen molar-refractivity contribution >= 4 is 55.3 Å². The molecule has 0 radical (unpaired) electrons. The van der Waals surface area contributed by atoms with Gasteiger partial charge in [0, 0.05) is 10.7 Å². The Labute approximate surface area is 199 Å². The van der Waals surface area contributed by atoms with Gasteiger partial charge in [-0.2, -0.15) is 13.7 Å². The van der Waals surface area contributed by atoms with Gasteiger partial charge in [0.2, 0.25) is 0 Å². The fourth-order valence-electron chi connectivity index (χ4n) is 2.63. The highest BCUT2D eigenvalue weighted by atomic mass is 79.9. The van der Waals surface area contributed by atoms with Gasteiger partial charge in [-0.15, -0.1) is 0 Å². The van der Waals surface area contributed by atoms with Gasteiger partial charge in [0.25, 0.3) is 5.91 Å². The third kappa shape index (κ3) is 5.98. The molecule has 0 spiro atoms. The summed E-state index contributed by atoms with van der Waals surface area (Å²) < 4.78 is 30.6. The third-order valence-corrected chi connectivity index (χ3v) is 6.33. The maximum atomic E-state index is 12.5. The molecule has 0 fully saturated rings. The Morgan fingerprint density at radius 2 is 1.84 bits per heavy atom. The van der Waals surface area contributed by atoms with Gasteiger partial charge >= 0.3 is 10.1 Å². The molecule has 3 aromatic rings. The molecule has 3 aromatic carbocycles. The summed E-state index contributed by atoms with van der Waals surface area (Å²) in [4.78, 5) is 12.4. The van der Waals surface area contributed by atoms with Crippen LogP contribution in [-0.4, -0.2) is 14.3 Å². The lowest BCUT2D eigenvalue weighted by molar-refractivity contribution is -0.112. The van der Waals surface area contributed by atoms with Crippen molar-refractivity contribution in [2.24, 2.45) is 0 Å². The van der Waals surface area contributed by atoms with E-state index in [-0.39, 0.29) is 16.2 Å². The Kier molecular flexibility index (Phi) is 7.36. The van der Waals surface area contributed by atoms with E-state index in [4.69, 9.17) is 15.8 Å². The van der Waals surface area contributed by atoms with Crippen LogP contribution in [-0.2, 0) is 14.9 Å². The number of hydrogen-bond donors (Lipinski definition) is 1. The van der Waals surface area contributed by atoms with Gasteiger partial charge < -0.3 is 9.50 Å². The Bertz CT molecular complexity index is 1350. The van der Waals surface area contributed by atoms with E-state index in [0.29, 0.717) is 20.7 Å². The molecular formula is C23H16BrClN2O4S. The summed E-state index contributed by atoms with van der Waals surface area (Å²) in [5.74, 6) is -0.530. The number of nitrogens with one attached hydrogen (secondary N) is 1. The van der Waals surface area contributed by atoms with Crippen LogP contribution in [0.3, 0.4) is 0 Å². The fraction of sp³-hybridized carbons (Fsp3) is 0.0435. The smallest absolute Gasteiger partial charge is 0.339 e. The first-order chi connectivity index (χ1) is 15.2. The quantitative estimate of drug-likeness (QED) is 0.249. The molecule has 0 saturated heterocycles. The minimum absolute atomic E-state index is 0.0309. The number of nitriles is 1. The second-order valence-corrected chi connectivity index (χ2v) is 9.51. The van der Waals surface area contributed by atoms with Gasteiger partial charge in [-0.3, -0.25) is 4.79 Å². The van der Waals surface area contributed by atoms with Gasteiger partial charge in [-0.1, -0.05) is 41.4 Å². The summed E-state index contributed by atoms with van der Waals surface area (Å²) >= 11 is 9.18. The minimum Gasteiger partial charge on any atom is -0.378 e. The maximum absolute atomic E-state index is 12.5. The maximum Gasteiger partial charge on any atom is 0.339 e. The molecule has 6 nitrogen and oxygen atoms in total. The molecule has 0 aliphatic heterocycles. The van der Waals surface area contributed by atoms with Crippen molar-refractivity contribution < 1.29 is 17.4 Å². The largest absolute Gasteiger partial charge is 0.378 e. The van der Waals surface area contributed by atoms with E-state index >= 15 is 0 Å². The van der Waals surface area contributed by atoms with Crippen LogP contribution >= 0.6 is 27.5 Å². The van der Waals surface area contributed by atoms with Crippen LogP contribution in [0, 0.1) is 18.3 Å². The van der Waals surface area contributed by atoms with Crippen molar-refractivity contribution in [2.45, 2.75) is 11.8 Å². The molecular weight excluding hydrogens is 516 g/mol. The first-order valence-corrected chi connectivity index (χ1v) is 11.8. The highest BCUT2D eigenvalue weighted by molar-refractivity contribution is 9.10. The summed E-state index contributed by atoms with van der Waals surface area (Å²) in [7, 11) is -4.02. The van der Waals surface area contributed by atoms with Gasteiger partial charge in [0.15, 0.2) is 5.75 Å². The van der Waals surface area contributed by atoms with Gasteiger partial charge in [-0.25, -0.2) is 0 Å². The number of halogens is 2. The molecule has 0 aromatic heterocycles. The lowest BCUT2D eigenvalue weighted by Crippen LogP contribution is -2.13. The van der Waals surface area contributed by atoms with E-state index in [1.54, 1.807) is 42.5 Å². The highest BCUT2D eigenvalue weighted by Gasteiger charge is 2.18. The predicted molar refractivity (Wildman–Crippen MR) is 127 cm³/mol. The van der Waals surface area contributed by atoms with Crippen LogP contribution < -0.4 is 9.50 Å². The lowest BCUT2D eigenvalue weighted by Gasteiger charge is -2.10. The first kappa shape index (κ1) is 23.5. The molecule has 162 valence electrons. The summed E-state index contributed by atoms with van der Waals surface area (Å²) in [6.07, 6.45) is 1.38. The second-order valence-electron chi connectivity index (χ2n) is 6.67. The number of nitrogens with zero attached hydrogens (tertiary/aromatic N) is 1. The van der Waals surface area contributed by atoms with Crippen molar-refractivity contribution in [3.8, 4) is 11.8 Å². The number of carbonyl (C=O) groups excluding carboxylic acids is 1. The minimum atomic E-state index is -4.02. The Morgan fingerprint density at radius 1 is 1.12 bits per heavy atom. The van der Waals surface area contributed by atoms with Crippen LogP contribution in [0.25, 0.3) is 6.08 Å². The summed E-state index contributed by atoms with van der Waals surface area (Å²) in [5, 5.41) is 12.4. The number of benzene rings is 3. The van der Waals surface area contributed by atoms with Crippen LogP contribution in [0.2, 0.25) is 5.02 Å². The topological polar surface area (TPSA) is 96.3 Å². The van der Waals surface area contributed by atoms with Crippen LogP contribution in [0.5, 0.6) is 5.75 Å². The molecule has 9 heteroatoms. The van der Waals surface area contributed by atoms with Crippen LogP contribution in [0.4, 0.5) is 5.69 Å². The molecule has 0 unspecified atom stereocenters. The number of hydrogen-bond acceptors (Lipinski definition) is 5.